The van der Waals surface area contributed by atoms with E-state index in [0.29, 0.717) is 17.0 Å². The first kappa shape index (κ1) is 16.5. The zero-order valence-corrected chi connectivity index (χ0v) is 13.3. The number of nitrogens with one attached hydrogen (secondary N) is 1. The first-order valence-electron chi connectivity index (χ1n) is 7.22. The molecule has 2 aromatic carbocycles. The highest BCUT2D eigenvalue weighted by Gasteiger charge is 2.19. The van der Waals surface area contributed by atoms with Crippen molar-refractivity contribution in [1.29, 1.82) is 0 Å². The largest absolute Gasteiger partial charge is 0.497 e. The fraction of sp³-hybridized carbons (Fsp3) is 0.222. The minimum atomic E-state index is -0.898. The average Bonchev–Trinajstić information content (AvgIpc) is 2.55. The summed E-state index contributed by atoms with van der Waals surface area (Å²) in [6.07, 6.45) is -0.898. The van der Waals surface area contributed by atoms with E-state index in [1.807, 2.05) is 13.0 Å². The molecule has 0 spiro atoms. The van der Waals surface area contributed by atoms with Gasteiger partial charge in [0.15, 0.2) is 6.10 Å². The second-order valence-electron chi connectivity index (χ2n) is 5.13. The number of hydrogen-bond acceptors (Lipinski definition) is 4. The summed E-state index contributed by atoms with van der Waals surface area (Å²) in [7, 11) is 1.57. The third-order valence-corrected chi connectivity index (χ3v) is 3.26. The average molecular weight is 313 g/mol. The molecule has 1 amide bonds. The SMILES string of the molecule is COc1ccc(NC(=O)[C@@H](C)OC(=O)c2cccc(C)c2)cc1. The Labute approximate surface area is 135 Å². The van der Waals surface area contributed by atoms with Crippen molar-refractivity contribution in [2.24, 2.45) is 0 Å². The Morgan fingerprint density at radius 3 is 2.39 bits per heavy atom. The summed E-state index contributed by atoms with van der Waals surface area (Å²) >= 11 is 0. The van der Waals surface area contributed by atoms with Crippen LogP contribution in [-0.4, -0.2) is 25.1 Å². The van der Waals surface area contributed by atoms with Gasteiger partial charge in [0.05, 0.1) is 12.7 Å². The van der Waals surface area contributed by atoms with E-state index in [-0.39, 0.29) is 0 Å². The number of carbonyl (C=O) groups excluding carboxylic acids is 2. The Morgan fingerprint density at radius 1 is 1.09 bits per heavy atom. The third kappa shape index (κ3) is 4.57. The highest BCUT2D eigenvalue weighted by Crippen LogP contribution is 2.15. The summed E-state index contributed by atoms with van der Waals surface area (Å²) in [5.41, 5.74) is 1.98. The molecule has 0 unspecified atom stereocenters. The summed E-state index contributed by atoms with van der Waals surface area (Å²) in [5, 5.41) is 2.69. The van der Waals surface area contributed by atoms with E-state index in [9.17, 15) is 9.59 Å². The van der Waals surface area contributed by atoms with Gasteiger partial charge in [-0.1, -0.05) is 17.7 Å². The minimum Gasteiger partial charge on any atom is -0.497 e. The number of ether oxygens (including phenoxy) is 2. The van der Waals surface area contributed by atoms with Crippen LogP contribution in [0.25, 0.3) is 0 Å². The number of benzene rings is 2. The van der Waals surface area contributed by atoms with Crippen molar-refractivity contribution in [3.8, 4) is 5.75 Å². The van der Waals surface area contributed by atoms with Gasteiger partial charge in [-0.2, -0.15) is 0 Å². The molecular weight excluding hydrogens is 294 g/mol. The van der Waals surface area contributed by atoms with Crippen LogP contribution in [0.5, 0.6) is 5.75 Å². The van der Waals surface area contributed by atoms with Crippen molar-refractivity contribution < 1.29 is 19.1 Å². The maximum atomic E-state index is 12.1. The van der Waals surface area contributed by atoms with Crippen molar-refractivity contribution >= 4 is 17.6 Å². The molecule has 0 fully saturated rings. The first-order chi connectivity index (χ1) is 11.0. The molecule has 0 radical (unpaired) electrons. The molecular formula is C18H19NO4. The monoisotopic (exact) mass is 313 g/mol. The Bertz CT molecular complexity index is 694. The van der Waals surface area contributed by atoms with E-state index < -0.39 is 18.0 Å². The lowest BCUT2D eigenvalue weighted by Gasteiger charge is -2.14. The van der Waals surface area contributed by atoms with E-state index >= 15 is 0 Å². The number of amides is 1. The summed E-state index contributed by atoms with van der Waals surface area (Å²) in [4.78, 5) is 24.1. The van der Waals surface area contributed by atoms with E-state index in [4.69, 9.17) is 9.47 Å². The van der Waals surface area contributed by atoms with Gasteiger partial charge in [0.1, 0.15) is 5.75 Å². The van der Waals surface area contributed by atoms with Gasteiger partial charge in [-0.05, 0) is 50.2 Å². The number of methoxy groups -OCH3 is 1. The minimum absolute atomic E-state index is 0.392. The van der Waals surface area contributed by atoms with Crippen molar-refractivity contribution in [2.75, 3.05) is 12.4 Å². The van der Waals surface area contributed by atoms with Gasteiger partial charge in [-0.25, -0.2) is 4.79 Å². The van der Waals surface area contributed by atoms with Crippen LogP contribution in [0.15, 0.2) is 48.5 Å². The summed E-state index contributed by atoms with van der Waals surface area (Å²) in [5.74, 6) is -0.218. The molecule has 0 aliphatic carbocycles. The topological polar surface area (TPSA) is 64.6 Å². The van der Waals surface area contributed by atoms with E-state index in [2.05, 4.69) is 5.32 Å². The van der Waals surface area contributed by atoms with Crippen molar-refractivity contribution in [1.82, 2.24) is 0 Å². The number of carbonyl (C=O) groups is 2. The number of rotatable bonds is 5. The number of aryl methyl sites for hydroxylation is 1. The highest BCUT2D eigenvalue weighted by molar-refractivity contribution is 5.97. The fourth-order valence-corrected chi connectivity index (χ4v) is 1.97. The molecule has 1 atom stereocenters. The van der Waals surface area contributed by atoms with Gasteiger partial charge >= 0.3 is 5.97 Å². The molecule has 1 N–H and O–H groups in total. The Morgan fingerprint density at radius 2 is 1.78 bits per heavy atom. The van der Waals surface area contributed by atoms with Crippen LogP contribution in [0.4, 0.5) is 5.69 Å². The first-order valence-corrected chi connectivity index (χ1v) is 7.22. The fourth-order valence-electron chi connectivity index (χ4n) is 1.97. The lowest BCUT2D eigenvalue weighted by molar-refractivity contribution is -0.123. The molecule has 0 saturated heterocycles. The molecule has 120 valence electrons. The number of hydrogen-bond donors (Lipinski definition) is 1. The molecule has 2 rings (SSSR count). The summed E-state index contributed by atoms with van der Waals surface area (Å²) < 4.78 is 10.2. The van der Waals surface area contributed by atoms with Gasteiger partial charge in [-0.3, -0.25) is 4.79 Å². The summed E-state index contributed by atoms with van der Waals surface area (Å²) in [6.45, 7) is 3.42. The standard InChI is InChI=1S/C18H19NO4/c1-12-5-4-6-14(11-12)18(21)23-13(2)17(20)19-15-7-9-16(22-3)10-8-15/h4-11,13H,1-3H3,(H,19,20)/t13-/m1/s1. The zero-order chi connectivity index (χ0) is 16.8. The molecule has 0 aliphatic rings. The predicted octanol–water partition coefficient (Wildman–Crippen LogP) is 3.19. The van der Waals surface area contributed by atoms with Crippen molar-refractivity contribution in [2.45, 2.75) is 20.0 Å². The Hall–Kier alpha value is -2.82. The van der Waals surface area contributed by atoms with Crippen LogP contribution in [0.2, 0.25) is 0 Å². The molecule has 0 saturated carbocycles. The molecule has 0 bridgehead atoms. The van der Waals surface area contributed by atoms with Gasteiger partial charge in [0, 0.05) is 5.69 Å². The number of anilines is 1. The van der Waals surface area contributed by atoms with Gasteiger partial charge in [-0.15, -0.1) is 0 Å². The second-order valence-corrected chi connectivity index (χ2v) is 5.13. The van der Waals surface area contributed by atoms with E-state index in [0.717, 1.165) is 5.56 Å². The molecule has 0 aliphatic heterocycles. The lowest BCUT2D eigenvalue weighted by Crippen LogP contribution is -2.30. The van der Waals surface area contributed by atoms with Crippen LogP contribution >= 0.6 is 0 Å². The van der Waals surface area contributed by atoms with Gasteiger partial charge < -0.3 is 14.8 Å². The lowest BCUT2D eigenvalue weighted by atomic mass is 10.1. The van der Waals surface area contributed by atoms with Gasteiger partial charge in [0.25, 0.3) is 5.91 Å². The summed E-state index contributed by atoms with van der Waals surface area (Å²) in [6, 6.07) is 13.9. The van der Waals surface area contributed by atoms with Crippen LogP contribution in [0.3, 0.4) is 0 Å². The molecule has 0 heterocycles. The highest BCUT2D eigenvalue weighted by atomic mass is 16.5. The van der Waals surface area contributed by atoms with E-state index in [1.54, 1.807) is 49.6 Å². The maximum absolute atomic E-state index is 12.1. The number of esters is 1. The van der Waals surface area contributed by atoms with Crippen molar-refractivity contribution in [3.63, 3.8) is 0 Å². The molecule has 0 aromatic heterocycles. The maximum Gasteiger partial charge on any atom is 0.338 e. The van der Waals surface area contributed by atoms with E-state index in [1.165, 1.54) is 6.92 Å². The zero-order valence-electron chi connectivity index (χ0n) is 13.3. The van der Waals surface area contributed by atoms with Crippen LogP contribution in [0, 0.1) is 6.92 Å². The Kier molecular flexibility index (Phi) is 5.36. The Balaban J connectivity index is 1.95. The van der Waals surface area contributed by atoms with Gasteiger partial charge in [0.2, 0.25) is 0 Å². The quantitative estimate of drug-likeness (QED) is 0.861. The second kappa shape index (κ2) is 7.45. The smallest absolute Gasteiger partial charge is 0.338 e. The normalized spacial score (nSPS) is 11.4. The third-order valence-electron chi connectivity index (χ3n) is 3.26. The molecule has 23 heavy (non-hydrogen) atoms. The molecule has 5 nitrogen and oxygen atoms in total. The molecule has 5 heteroatoms. The predicted molar refractivity (Wildman–Crippen MR) is 87.7 cm³/mol. The van der Waals surface area contributed by atoms with Crippen molar-refractivity contribution in [3.05, 3.63) is 59.7 Å². The molecule has 2 aromatic rings. The van der Waals surface area contributed by atoms with Crippen LogP contribution in [-0.2, 0) is 9.53 Å². The van der Waals surface area contributed by atoms with Crippen LogP contribution in [0.1, 0.15) is 22.8 Å². The van der Waals surface area contributed by atoms with Crippen LogP contribution < -0.4 is 10.1 Å².